The molecule has 0 aliphatic carbocycles. The van der Waals surface area contributed by atoms with Crippen molar-refractivity contribution in [3.8, 4) is 0 Å². The van der Waals surface area contributed by atoms with E-state index in [9.17, 15) is 4.79 Å². The van der Waals surface area contributed by atoms with Gasteiger partial charge in [0.15, 0.2) is 5.13 Å². The minimum atomic E-state index is 0.0377. The van der Waals surface area contributed by atoms with Crippen LogP contribution in [0.2, 0.25) is 0 Å². The van der Waals surface area contributed by atoms with Crippen LogP contribution in [0.3, 0.4) is 0 Å². The Balaban J connectivity index is 1.56. The average Bonchev–Trinajstić information content (AvgIpc) is 3.36. The van der Waals surface area contributed by atoms with Gasteiger partial charge in [0, 0.05) is 5.75 Å². The van der Waals surface area contributed by atoms with Gasteiger partial charge in [-0.25, -0.2) is 4.98 Å². The summed E-state index contributed by atoms with van der Waals surface area (Å²) in [5.41, 5.74) is 4.51. The van der Waals surface area contributed by atoms with Crippen LogP contribution in [-0.2, 0) is 17.1 Å². The fourth-order valence-electron chi connectivity index (χ4n) is 3.20. The van der Waals surface area contributed by atoms with Crippen LogP contribution in [0.25, 0.3) is 10.2 Å². The van der Waals surface area contributed by atoms with E-state index in [1.54, 1.807) is 34.3 Å². The number of hydrogen-bond acceptors (Lipinski definition) is 5. The van der Waals surface area contributed by atoms with E-state index in [1.165, 1.54) is 11.1 Å². The molecule has 0 radical (unpaired) electrons. The Hall–Kier alpha value is -2.57. The van der Waals surface area contributed by atoms with E-state index in [-0.39, 0.29) is 5.91 Å². The van der Waals surface area contributed by atoms with Gasteiger partial charge in [0.2, 0.25) is 5.91 Å². The Morgan fingerprint density at radius 1 is 1.14 bits per heavy atom. The lowest BCUT2D eigenvalue weighted by Gasteiger charge is -2.18. The number of hydrogen-bond donors (Lipinski definition) is 0. The van der Waals surface area contributed by atoms with Crippen molar-refractivity contribution in [2.24, 2.45) is 0 Å². The van der Waals surface area contributed by atoms with E-state index in [2.05, 4.69) is 38.1 Å². The number of anilines is 1. The lowest BCUT2D eigenvalue weighted by Crippen LogP contribution is -2.31. The predicted molar refractivity (Wildman–Crippen MR) is 122 cm³/mol. The monoisotopic (exact) mass is 422 g/mol. The molecule has 0 aliphatic rings. The van der Waals surface area contributed by atoms with Crippen molar-refractivity contribution in [3.63, 3.8) is 0 Å². The van der Waals surface area contributed by atoms with E-state index in [0.717, 1.165) is 32.4 Å². The fraction of sp³-hybridized carbons (Fsp3) is 0.217. The fourth-order valence-corrected chi connectivity index (χ4v) is 5.22. The summed E-state index contributed by atoms with van der Waals surface area (Å²) in [6, 6.07) is 18.2. The summed E-state index contributed by atoms with van der Waals surface area (Å²) in [7, 11) is 0. The van der Waals surface area contributed by atoms with Crippen LogP contribution in [0.1, 0.15) is 22.5 Å². The van der Waals surface area contributed by atoms with Crippen LogP contribution in [0.5, 0.6) is 0 Å². The van der Waals surface area contributed by atoms with Crippen LogP contribution < -0.4 is 4.90 Å². The van der Waals surface area contributed by atoms with Crippen molar-refractivity contribution in [1.82, 2.24) is 4.98 Å². The highest BCUT2D eigenvalue weighted by Gasteiger charge is 2.22. The quantitative estimate of drug-likeness (QED) is 0.368. The van der Waals surface area contributed by atoms with E-state index in [1.807, 2.05) is 30.3 Å². The summed E-state index contributed by atoms with van der Waals surface area (Å²) in [4.78, 5) is 19.7. The first kappa shape index (κ1) is 19.7. The third kappa shape index (κ3) is 4.71. The molecule has 4 aromatic rings. The molecule has 0 saturated heterocycles. The van der Waals surface area contributed by atoms with E-state index >= 15 is 0 Å². The first-order valence-electron chi connectivity index (χ1n) is 9.42. The van der Waals surface area contributed by atoms with E-state index in [0.29, 0.717) is 12.3 Å². The molecule has 29 heavy (non-hydrogen) atoms. The number of benzene rings is 2. The van der Waals surface area contributed by atoms with Gasteiger partial charge in [-0.2, -0.15) is 0 Å². The summed E-state index contributed by atoms with van der Waals surface area (Å²) in [6.45, 7) is 4.53. The maximum absolute atomic E-state index is 13.1. The highest BCUT2D eigenvalue weighted by Crippen LogP contribution is 2.33. The first-order valence-corrected chi connectivity index (χ1v) is 11.4. The topological polar surface area (TPSA) is 46.3 Å². The van der Waals surface area contributed by atoms with Gasteiger partial charge in [-0.05, 0) is 48.7 Å². The second-order valence-corrected chi connectivity index (χ2v) is 8.96. The van der Waals surface area contributed by atoms with Crippen molar-refractivity contribution in [1.29, 1.82) is 0 Å². The van der Waals surface area contributed by atoms with Crippen molar-refractivity contribution in [2.45, 2.75) is 26.1 Å². The molecule has 2 heterocycles. The molecule has 1 amide bonds. The number of carbonyl (C=O) groups excluding carboxylic acids is 1. The van der Waals surface area contributed by atoms with Crippen LogP contribution in [0.15, 0.2) is 65.3 Å². The largest absolute Gasteiger partial charge is 0.467 e. The lowest BCUT2D eigenvalue weighted by molar-refractivity contribution is -0.116. The summed E-state index contributed by atoms with van der Waals surface area (Å²) in [5, 5.41) is 0.718. The van der Waals surface area contributed by atoms with Gasteiger partial charge >= 0.3 is 0 Å². The Morgan fingerprint density at radius 2 is 1.97 bits per heavy atom. The molecule has 2 aromatic carbocycles. The third-order valence-corrected chi connectivity index (χ3v) is 6.60. The Morgan fingerprint density at radius 3 is 2.72 bits per heavy atom. The van der Waals surface area contributed by atoms with Crippen molar-refractivity contribution in [2.75, 3.05) is 10.7 Å². The van der Waals surface area contributed by atoms with Gasteiger partial charge in [-0.1, -0.05) is 47.7 Å². The van der Waals surface area contributed by atoms with Gasteiger partial charge < -0.3 is 4.42 Å². The third-order valence-electron chi connectivity index (χ3n) is 4.58. The van der Waals surface area contributed by atoms with Crippen LogP contribution >= 0.6 is 23.1 Å². The molecule has 0 saturated carbocycles. The molecule has 0 fully saturated rings. The maximum Gasteiger partial charge on any atom is 0.239 e. The normalized spacial score (nSPS) is 11.1. The van der Waals surface area contributed by atoms with Gasteiger partial charge in [-0.15, -0.1) is 11.8 Å². The van der Waals surface area contributed by atoms with Crippen LogP contribution in [0, 0.1) is 13.8 Å². The predicted octanol–water partition coefficient (Wildman–Crippen LogP) is 5.97. The zero-order valence-corrected chi connectivity index (χ0v) is 18.1. The highest BCUT2D eigenvalue weighted by atomic mass is 32.2. The molecule has 0 bridgehead atoms. The summed E-state index contributed by atoms with van der Waals surface area (Å²) >= 11 is 3.17. The molecule has 4 rings (SSSR count). The number of carbonyl (C=O) groups is 1. The minimum absolute atomic E-state index is 0.0377. The number of nitrogens with zero attached hydrogens (tertiary/aromatic N) is 2. The summed E-state index contributed by atoms with van der Waals surface area (Å²) in [6.07, 6.45) is 1.63. The molecular formula is C23H22N2O2S2. The van der Waals surface area contributed by atoms with Crippen LogP contribution in [0.4, 0.5) is 5.13 Å². The number of aromatic nitrogens is 1. The second-order valence-electron chi connectivity index (χ2n) is 6.96. The SMILES string of the molecule is Cc1cc(C)c2nc(N(Cc3ccco3)C(=O)CSCc3ccccc3)sc2c1. The number of amides is 1. The minimum Gasteiger partial charge on any atom is -0.467 e. The summed E-state index contributed by atoms with van der Waals surface area (Å²) < 4.78 is 6.61. The molecule has 0 atom stereocenters. The first-order chi connectivity index (χ1) is 14.1. The van der Waals surface area contributed by atoms with Gasteiger partial charge in [0.25, 0.3) is 0 Å². The molecule has 6 heteroatoms. The van der Waals surface area contributed by atoms with Gasteiger partial charge in [-0.3, -0.25) is 9.69 Å². The van der Waals surface area contributed by atoms with Crippen molar-refractivity contribution >= 4 is 44.4 Å². The maximum atomic E-state index is 13.1. The van der Waals surface area contributed by atoms with Crippen molar-refractivity contribution in [3.05, 3.63) is 83.3 Å². The zero-order chi connectivity index (χ0) is 20.2. The number of furan rings is 1. The van der Waals surface area contributed by atoms with Gasteiger partial charge in [0.1, 0.15) is 5.76 Å². The lowest BCUT2D eigenvalue weighted by atomic mass is 10.1. The molecule has 4 nitrogen and oxygen atoms in total. The molecule has 0 unspecified atom stereocenters. The number of rotatable bonds is 7. The average molecular weight is 423 g/mol. The molecule has 0 N–H and O–H groups in total. The molecule has 0 aliphatic heterocycles. The highest BCUT2D eigenvalue weighted by molar-refractivity contribution is 7.99. The zero-order valence-electron chi connectivity index (χ0n) is 16.4. The second kappa shape index (κ2) is 8.84. The Labute approximate surface area is 178 Å². The van der Waals surface area contributed by atoms with E-state index in [4.69, 9.17) is 9.40 Å². The van der Waals surface area contributed by atoms with E-state index < -0.39 is 0 Å². The standard InChI is InChI=1S/C23H22N2O2S2/c1-16-11-17(2)22-20(12-16)29-23(24-22)25(13-19-9-6-10-27-19)21(26)15-28-14-18-7-4-3-5-8-18/h3-12H,13-15H2,1-2H3. The number of thiazole rings is 1. The smallest absolute Gasteiger partial charge is 0.239 e. The van der Waals surface area contributed by atoms with Crippen LogP contribution in [-0.4, -0.2) is 16.6 Å². The summed E-state index contributed by atoms with van der Waals surface area (Å²) in [5.74, 6) is 1.98. The Kier molecular flexibility index (Phi) is 6.02. The number of thioether (sulfide) groups is 1. The van der Waals surface area contributed by atoms with Crippen molar-refractivity contribution < 1.29 is 9.21 Å². The molecule has 148 valence electrons. The number of aryl methyl sites for hydroxylation is 2. The Bertz CT molecular complexity index is 1100. The molecular weight excluding hydrogens is 400 g/mol. The number of fused-ring (bicyclic) bond motifs is 1. The molecule has 0 spiro atoms. The van der Waals surface area contributed by atoms with Gasteiger partial charge in [0.05, 0.1) is 28.8 Å². The molecule has 2 aromatic heterocycles.